The van der Waals surface area contributed by atoms with E-state index >= 15 is 0 Å². The first-order valence-electron chi connectivity index (χ1n) is 17.6. The molecule has 1 saturated carbocycles. The van der Waals surface area contributed by atoms with E-state index in [9.17, 15) is 40.6 Å². The quantitative estimate of drug-likeness (QED) is 0.114. The fraction of sp³-hybridized carbons (Fsp3) is 0.436. The summed E-state index contributed by atoms with van der Waals surface area (Å²) in [6.07, 6.45) is 8.90. The van der Waals surface area contributed by atoms with Crippen LogP contribution in [0.2, 0.25) is 0 Å². The normalized spacial score (nSPS) is 22.8. The lowest BCUT2D eigenvalue weighted by Crippen LogP contribution is -2.28. The van der Waals surface area contributed by atoms with Crippen molar-refractivity contribution in [3.63, 3.8) is 0 Å². The molecule has 2 aromatic rings. The molecule has 0 radical (unpaired) electrons. The first-order chi connectivity index (χ1) is 24.3. The van der Waals surface area contributed by atoms with Crippen LogP contribution in [0.25, 0.3) is 0 Å². The van der Waals surface area contributed by atoms with E-state index in [2.05, 4.69) is 37.5 Å². The van der Waals surface area contributed by atoms with Crippen LogP contribution in [0.1, 0.15) is 77.3 Å². The van der Waals surface area contributed by atoms with E-state index in [0.29, 0.717) is 37.1 Å². The van der Waals surface area contributed by atoms with Crippen LogP contribution in [0.4, 0.5) is 11.4 Å². The van der Waals surface area contributed by atoms with E-state index in [4.69, 9.17) is 0 Å². The summed E-state index contributed by atoms with van der Waals surface area (Å²) in [6.45, 7) is 9.27. The number of carboxylic acid groups (broad SMARTS) is 1. The zero-order valence-electron chi connectivity index (χ0n) is 30.1. The van der Waals surface area contributed by atoms with Gasteiger partial charge in [-0.25, -0.2) is 0 Å². The third kappa shape index (κ3) is 8.60. The maximum Gasteiger partial charge on any atom is 0.307 e. The molecule has 2 aliphatic heterocycles. The number of hydrogen-bond donors (Lipinski definition) is 3. The fourth-order valence-electron chi connectivity index (χ4n) is 7.69. The van der Waals surface area contributed by atoms with Crippen LogP contribution in [0.3, 0.4) is 0 Å². The second-order valence-electron chi connectivity index (χ2n) is 14.8. The number of carbonyl (C=O) groups is 2. The summed E-state index contributed by atoms with van der Waals surface area (Å²) in [5, 5.41) is 10.1. The maximum atomic E-state index is 14.1. The molecule has 52 heavy (non-hydrogen) atoms. The first kappa shape index (κ1) is 39.2. The van der Waals surface area contributed by atoms with Crippen LogP contribution >= 0.6 is 0 Å². The number of benzene rings is 2. The summed E-state index contributed by atoms with van der Waals surface area (Å²) < 4.78 is 63.7. The lowest BCUT2D eigenvalue weighted by Gasteiger charge is -2.28. The zero-order valence-corrected chi connectivity index (χ0v) is 31.7. The van der Waals surface area contributed by atoms with Crippen molar-refractivity contribution in [2.24, 2.45) is 5.92 Å². The van der Waals surface area contributed by atoms with E-state index in [1.165, 1.54) is 0 Å². The molecule has 3 aliphatic rings. The molecular formula is C39H48N2O9S2. The number of anilines is 2. The van der Waals surface area contributed by atoms with Crippen LogP contribution in [-0.4, -0.2) is 67.4 Å². The number of rotatable bonds is 13. The number of aliphatic carboxylic acids is 1. The molecule has 280 valence electrons. The predicted octanol–water partition coefficient (Wildman–Crippen LogP) is 6.60. The molecule has 1 aliphatic carbocycles. The molecular weight excluding hydrogens is 705 g/mol. The molecule has 0 spiro atoms. The molecule has 1 fully saturated rings. The maximum absolute atomic E-state index is 14.1. The van der Waals surface area contributed by atoms with Gasteiger partial charge < -0.3 is 14.9 Å². The van der Waals surface area contributed by atoms with Gasteiger partial charge in [-0.05, 0) is 73.9 Å². The van der Waals surface area contributed by atoms with Gasteiger partial charge in [-0.2, -0.15) is 16.8 Å². The third-order valence-electron chi connectivity index (χ3n) is 10.4. The molecule has 5 rings (SSSR count). The van der Waals surface area contributed by atoms with Crippen molar-refractivity contribution in [2.45, 2.75) is 77.0 Å². The van der Waals surface area contributed by atoms with E-state index in [1.54, 1.807) is 12.2 Å². The Labute approximate surface area is 306 Å². The fourth-order valence-corrected chi connectivity index (χ4v) is 8.83. The number of unbranched alkanes of at least 4 members (excludes halogenated alkanes) is 2. The van der Waals surface area contributed by atoms with Crippen LogP contribution in [-0.2, 0) is 40.7 Å². The first-order valence-corrected chi connectivity index (χ1v) is 20.8. The molecule has 0 atom stereocenters. The number of allylic oxidation sites excluding steroid dienone is 8. The molecule has 2 heterocycles. The summed E-state index contributed by atoms with van der Waals surface area (Å²) in [6, 6.07) is 15.8. The number of carboxylic acids is 1. The Morgan fingerprint density at radius 2 is 1.08 bits per heavy atom. The van der Waals surface area contributed by atoms with Gasteiger partial charge in [0.2, 0.25) is 0 Å². The number of ketones is 1. The lowest BCUT2D eigenvalue weighted by atomic mass is 9.79. The number of Topliss-reactive ketones (excluding diaryl/α,β-unsaturated/α-hetero) is 1. The van der Waals surface area contributed by atoms with Crippen molar-refractivity contribution in [2.75, 3.05) is 34.4 Å². The third-order valence-corrected chi connectivity index (χ3v) is 12.0. The van der Waals surface area contributed by atoms with E-state index in [-0.39, 0.29) is 43.0 Å². The highest BCUT2D eigenvalue weighted by atomic mass is 32.2. The number of para-hydroxylation sites is 2. The van der Waals surface area contributed by atoms with E-state index < -0.39 is 43.0 Å². The van der Waals surface area contributed by atoms with Crippen LogP contribution < -0.4 is 9.80 Å². The van der Waals surface area contributed by atoms with Crippen LogP contribution in [0.5, 0.6) is 0 Å². The second-order valence-corrected chi connectivity index (χ2v) is 18.0. The molecule has 2 aromatic carbocycles. The number of fused-ring (bicyclic) bond motifs is 2. The average Bonchev–Trinajstić information content (AvgIpc) is 3.41. The molecule has 0 unspecified atom stereocenters. The minimum absolute atomic E-state index is 0.0738. The number of carbonyl (C=O) groups excluding carboxylic acids is 1. The van der Waals surface area contributed by atoms with Gasteiger partial charge in [0.1, 0.15) is 0 Å². The summed E-state index contributed by atoms with van der Waals surface area (Å²) in [4.78, 5) is 30.6. The van der Waals surface area contributed by atoms with Gasteiger partial charge in [0.15, 0.2) is 5.78 Å². The zero-order chi connectivity index (χ0) is 38.1. The summed E-state index contributed by atoms with van der Waals surface area (Å²) >= 11 is 0. The summed E-state index contributed by atoms with van der Waals surface area (Å²) in [5.74, 6) is -2.69. The molecule has 3 N–H and O–H groups in total. The topological polar surface area (TPSA) is 170 Å². The average molecular weight is 753 g/mol. The Balaban J connectivity index is 1.48. The van der Waals surface area contributed by atoms with Crippen molar-refractivity contribution in [1.29, 1.82) is 0 Å². The molecule has 0 amide bonds. The second kappa shape index (κ2) is 15.1. The highest BCUT2D eigenvalue weighted by Gasteiger charge is 2.41. The Morgan fingerprint density at radius 3 is 1.44 bits per heavy atom. The van der Waals surface area contributed by atoms with Gasteiger partial charge >= 0.3 is 5.97 Å². The minimum atomic E-state index is -4.08. The Hall–Kier alpha value is -4.04. The van der Waals surface area contributed by atoms with Gasteiger partial charge in [0.05, 0.1) is 17.4 Å². The standard InChI is InChI=1S/C39H48N2O9S2/c1-38(2)30-13-5-7-15-32(30)40(21-9-11-23-51(45,46)47)34(38)19-17-27-25-29(37(43)44)26-28(36(27)42)18-20-35-39(3,4)31-14-6-8-16-33(31)41(35)22-10-12-24-52(48,49)50/h5-8,13-20,29H,9-12,21-26H2,1-4H3,(H,43,44)(H,45,46,47)(H,48,49,50)/b27-17+,28-18+,34-19+,35-20+. The molecule has 0 bridgehead atoms. The number of hydrogen-bond acceptors (Lipinski definition) is 8. The molecule has 13 heteroatoms. The highest BCUT2D eigenvalue weighted by Crippen LogP contribution is 2.49. The predicted molar refractivity (Wildman–Crippen MR) is 203 cm³/mol. The van der Waals surface area contributed by atoms with Gasteiger partial charge in [-0.1, -0.05) is 76.2 Å². The van der Waals surface area contributed by atoms with Crippen molar-refractivity contribution in [1.82, 2.24) is 0 Å². The smallest absolute Gasteiger partial charge is 0.307 e. The number of nitrogens with zero attached hydrogens (tertiary/aromatic N) is 2. The van der Waals surface area contributed by atoms with Gasteiger partial charge in [0.25, 0.3) is 20.2 Å². The SMILES string of the molecule is CC1(C)/C(=C\C=C2/CC(C(=O)O)C/C(=C\C=C3\N(CCCCS(=O)(=O)O)c4ccccc4C3(C)C)C2=O)N(CCCCS(=O)(=O)O)c2ccccc21. The van der Waals surface area contributed by atoms with E-state index in [1.807, 2.05) is 60.7 Å². The Bertz CT molecular complexity index is 1940. The molecule has 0 aromatic heterocycles. The van der Waals surface area contributed by atoms with Crippen molar-refractivity contribution in [3.05, 3.63) is 107 Å². The highest BCUT2D eigenvalue weighted by molar-refractivity contribution is 7.86. The largest absolute Gasteiger partial charge is 0.481 e. The molecule has 11 nitrogen and oxygen atoms in total. The molecule has 0 saturated heterocycles. The van der Waals surface area contributed by atoms with Gasteiger partial charge in [0, 0.05) is 57.8 Å². The lowest BCUT2D eigenvalue weighted by molar-refractivity contribution is -0.142. The van der Waals surface area contributed by atoms with Crippen molar-refractivity contribution in [3.8, 4) is 0 Å². The van der Waals surface area contributed by atoms with Crippen LogP contribution in [0, 0.1) is 5.92 Å². The van der Waals surface area contributed by atoms with Gasteiger partial charge in [-0.3, -0.25) is 18.7 Å². The van der Waals surface area contributed by atoms with Crippen molar-refractivity contribution >= 4 is 43.4 Å². The van der Waals surface area contributed by atoms with E-state index in [0.717, 1.165) is 33.9 Å². The summed E-state index contributed by atoms with van der Waals surface area (Å²) in [7, 11) is -8.16. The Morgan fingerprint density at radius 1 is 0.692 bits per heavy atom. The monoisotopic (exact) mass is 752 g/mol. The summed E-state index contributed by atoms with van der Waals surface area (Å²) in [5.41, 5.74) is 5.70. The minimum Gasteiger partial charge on any atom is -0.481 e. The van der Waals surface area contributed by atoms with Crippen LogP contribution in [0.15, 0.2) is 95.4 Å². The Kier molecular flexibility index (Phi) is 11.4. The van der Waals surface area contributed by atoms with Crippen molar-refractivity contribution < 1.29 is 40.6 Å². The van der Waals surface area contributed by atoms with Gasteiger partial charge in [-0.15, -0.1) is 0 Å².